The Morgan fingerprint density at radius 1 is 1.47 bits per heavy atom. The summed E-state index contributed by atoms with van der Waals surface area (Å²) >= 11 is 7.06. The third-order valence-electron chi connectivity index (χ3n) is 3.18. The Labute approximate surface area is 98.8 Å². The van der Waals surface area contributed by atoms with Crippen LogP contribution in [0.1, 0.15) is 32.1 Å². The van der Waals surface area contributed by atoms with Crippen LogP contribution in [0.25, 0.3) is 0 Å². The lowest BCUT2D eigenvalue weighted by molar-refractivity contribution is 0.342. The normalized spacial score (nSPS) is 20.3. The van der Waals surface area contributed by atoms with Crippen molar-refractivity contribution in [1.82, 2.24) is 20.2 Å². The monoisotopic (exact) mass is 244 g/mol. The van der Waals surface area contributed by atoms with E-state index in [0.717, 1.165) is 6.54 Å². The minimum Gasteiger partial charge on any atom is -0.241 e. The smallest absolute Gasteiger partial charge is 0.238 e. The van der Waals surface area contributed by atoms with Gasteiger partial charge in [0.05, 0.1) is 6.54 Å². The lowest BCUT2D eigenvalue weighted by Gasteiger charge is -2.35. The van der Waals surface area contributed by atoms with Crippen molar-refractivity contribution in [2.75, 3.05) is 6.26 Å². The highest BCUT2D eigenvalue weighted by Crippen LogP contribution is 2.39. The number of thioether (sulfide) groups is 1. The van der Waals surface area contributed by atoms with Gasteiger partial charge in [-0.3, -0.25) is 0 Å². The van der Waals surface area contributed by atoms with Gasteiger partial charge >= 0.3 is 0 Å². The first kappa shape index (κ1) is 11.1. The molecule has 15 heavy (non-hydrogen) atoms. The second-order valence-corrected chi connectivity index (χ2v) is 5.76. The lowest BCUT2D eigenvalue weighted by atomic mass is 9.88. The summed E-state index contributed by atoms with van der Waals surface area (Å²) in [7, 11) is 0. The predicted molar refractivity (Wildman–Crippen MR) is 64.5 cm³/mol. The molecule has 4 nitrogen and oxygen atoms in total. The van der Waals surface area contributed by atoms with Crippen molar-refractivity contribution in [2.24, 2.45) is 0 Å². The summed E-state index contributed by atoms with van der Waals surface area (Å²) in [4.78, 5) is 0. The highest BCUT2D eigenvalue weighted by molar-refractivity contribution is 8.00. The van der Waals surface area contributed by atoms with Gasteiger partial charge in [0.25, 0.3) is 0 Å². The zero-order valence-corrected chi connectivity index (χ0v) is 10.5. The first-order valence-corrected chi connectivity index (χ1v) is 6.92. The van der Waals surface area contributed by atoms with Gasteiger partial charge in [0.15, 0.2) is 0 Å². The van der Waals surface area contributed by atoms with Crippen molar-refractivity contribution < 1.29 is 0 Å². The van der Waals surface area contributed by atoms with Crippen LogP contribution in [-0.2, 0) is 6.54 Å². The molecular weight excluding hydrogens is 228 g/mol. The van der Waals surface area contributed by atoms with Gasteiger partial charge in [0.2, 0.25) is 4.77 Å². The van der Waals surface area contributed by atoms with Crippen molar-refractivity contribution >= 4 is 24.0 Å². The molecule has 0 spiro atoms. The molecule has 84 valence electrons. The Morgan fingerprint density at radius 2 is 2.20 bits per heavy atom. The van der Waals surface area contributed by atoms with E-state index in [-0.39, 0.29) is 0 Å². The van der Waals surface area contributed by atoms with E-state index in [1.54, 1.807) is 0 Å². The van der Waals surface area contributed by atoms with E-state index in [2.05, 4.69) is 21.8 Å². The molecule has 1 heterocycles. The molecular formula is C9H16N4S2. The van der Waals surface area contributed by atoms with Gasteiger partial charge in [-0.15, -0.1) is 0 Å². The zero-order valence-electron chi connectivity index (χ0n) is 8.90. The number of nitrogens with one attached hydrogen (secondary N) is 1. The van der Waals surface area contributed by atoms with E-state index in [1.807, 2.05) is 16.4 Å². The summed E-state index contributed by atoms with van der Waals surface area (Å²) in [6, 6.07) is 0. The molecule has 1 fully saturated rings. The second-order valence-electron chi connectivity index (χ2n) is 4.12. The van der Waals surface area contributed by atoms with E-state index in [0.29, 0.717) is 9.52 Å². The van der Waals surface area contributed by atoms with E-state index >= 15 is 0 Å². The molecule has 1 aromatic rings. The van der Waals surface area contributed by atoms with Crippen molar-refractivity contribution in [3.63, 3.8) is 0 Å². The van der Waals surface area contributed by atoms with Crippen molar-refractivity contribution in [2.45, 2.75) is 43.4 Å². The van der Waals surface area contributed by atoms with Crippen molar-refractivity contribution in [1.29, 1.82) is 0 Å². The molecule has 1 N–H and O–H groups in total. The first-order chi connectivity index (χ1) is 7.26. The van der Waals surface area contributed by atoms with Gasteiger partial charge in [-0.05, 0) is 31.3 Å². The second kappa shape index (κ2) is 4.65. The number of nitrogens with zero attached hydrogens (tertiary/aromatic N) is 3. The molecule has 1 saturated carbocycles. The van der Waals surface area contributed by atoms with Crippen LogP contribution in [0.5, 0.6) is 0 Å². The summed E-state index contributed by atoms with van der Waals surface area (Å²) < 4.78 is 2.79. The molecule has 0 atom stereocenters. The van der Waals surface area contributed by atoms with E-state index in [4.69, 9.17) is 12.2 Å². The summed E-state index contributed by atoms with van der Waals surface area (Å²) in [5, 5.41) is 10.4. The van der Waals surface area contributed by atoms with Crippen LogP contribution in [0.3, 0.4) is 0 Å². The van der Waals surface area contributed by atoms with Crippen molar-refractivity contribution in [3.05, 3.63) is 4.77 Å². The Morgan fingerprint density at radius 3 is 2.73 bits per heavy atom. The topological polar surface area (TPSA) is 46.5 Å². The third-order valence-corrected chi connectivity index (χ3v) is 4.88. The summed E-state index contributed by atoms with van der Waals surface area (Å²) in [5.74, 6) is 0. The van der Waals surface area contributed by atoms with Crippen LogP contribution in [0, 0.1) is 4.77 Å². The molecule has 1 aromatic heterocycles. The molecule has 1 aliphatic carbocycles. The minimum absolute atomic E-state index is 0.338. The highest BCUT2D eigenvalue weighted by atomic mass is 32.2. The molecule has 0 unspecified atom stereocenters. The molecule has 0 aliphatic heterocycles. The van der Waals surface area contributed by atoms with Gasteiger partial charge in [-0.1, -0.05) is 29.6 Å². The van der Waals surface area contributed by atoms with Crippen LogP contribution in [0.2, 0.25) is 0 Å². The molecule has 6 heteroatoms. The molecule has 0 aromatic carbocycles. The maximum absolute atomic E-state index is 5.10. The maximum atomic E-state index is 5.10. The number of hydrogen-bond acceptors (Lipinski definition) is 4. The largest absolute Gasteiger partial charge is 0.241 e. The predicted octanol–water partition coefficient (Wildman–Crippen LogP) is 2.40. The van der Waals surface area contributed by atoms with Crippen molar-refractivity contribution in [3.8, 4) is 0 Å². The zero-order chi connectivity index (χ0) is 10.7. The summed E-state index contributed by atoms with van der Waals surface area (Å²) in [5.41, 5.74) is 0. The van der Waals surface area contributed by atoms with E-state index in [1.165, 1.54) is 32.1 Å². The minimum atomic E-state index is 0.338. The fourth-order valence-corrected chi connectivity index (χ4v) is 3.33. The van der Waals surface area contributed by atoms with Crippen LogP contribution < -0.4 is 0 Å². The molecule has 1 aliphatic rings. The Kier molecular flexibility index (Phi) is 3.45. The fraction of sp³-hybridized carbons (Fsp3) is 0.889. The van der Waals surface area contributed by atoms with Crippen LogP contribution in [-0.4, -0.2) is 31.2 Å². The molecule has 2 rings (SSSR count). The van der Waals surface area contributed by atoms with E-state index < -0.39 is 0 Å². The summed E-state index contributed by atoms with van der Waals surface area (Å²) in [6.07, 6.45) is 8.77. The Hall–Kier alpha value is -0.360. The quantitative estimate of drug-likeness (QED) is 0.829. The number of rotatable bonds is 3. The molecule has 0 amide bonds. The maximum Gasteiger partial charge on any atom is 0.238 e. The number of tetrazole rings is 1. The number of aromatic amines is 1. The third kappa shape index (κ3) is 2.42. The first-order valence-electron chi connectivity index (χ1n) is 5.29. The number of hydrogen-bond donors (Lipinski definition) is 1. The Balaban J connectivity index is 2.14. The standard InChI is InChI=1S/C9H16N4S2/c1-15-9(5-3-2-4-6-9)7-13-8(14)10-11-12-13/h2-7H2,1H3,(H,10,12,14). The van der Waals surface area contributed by atoms with Crippen LogP contribution in [0.4, 0.5) is 0 Å². The SMILES string of the molecule is CSC1(Cn2[nH]nnc2=S)CCCCC1. The number of aromatic nitrogens is 4. The van der Waals surface area contributed by atoms with E-state index in [9.17, 15) is 0 Å². The molecule has 0 bridgehead atoms. The van der Waals surface area contributed by atoms with Gasteiger partial charge in [-0.2, -0.15) is 17.0 Å². The fourth-order valence-electron chi connectivity index (χ4n) is 2.23. The molecule has 0 saturated heterocycles. The van der Waals surface area contributed by atoms with Gasteiger partial charge < -0.3 is 0 Å². The van der Waals surface area contributed by atoms with Gasteiger partial charge in [0.1, 0.15) is 0 Å². The number of H-pyrrole nitrogens is 1. The highest BCUT2D eigenvalue weighted by Gasteiger charge is 2.32. The average Bonchev–Trinajstić information content (AvgIpc) is 2.66. The van der Waals surface area contributed by atoms with Gasteiger partial charge in [0, 0.05) is 4.75 Å². The Bertz CT molecular complexity index is 364. The average molecular weight is 244 g/mol. The lowest BCUT2D eigenvalue weighted by Crippen LogP contribution is -2.33. The van der Waals surface area contributed by atoms with Crippen LogP contribution >= 0.6 is 24.0 Å². The summed E-state index contributed by atoms with van der Waals surface area (Å²) in [6.45, 7) is 0.917. The molecule has 0 radical (unpaired) electrons. The van der Waals surface area contributed by atoms with Crippen LogP contribution in [0.15, 0.2) is 0 Å². The van der Waals surface area contributed by atoms with Gasteiger partial charge in [-0.25, -0.2) is 4.68 Å².